The molecule has 1 unspecified atom stereocenters. The Morgan fingerprint density at radius 2 is 2.02 bits per heavy atom. The Bertz CT molecular complexity index is 1330. The van der Waals surface area contributed by atoms with Gasteiger partial charge in [-0.05, 0) is 79.4 Å². The third-order valence-corrected chi connectivity index (χ3v) is 8.15. The molecule has 8 nitrogen and oxygen atoms in total. The molecule has 0 saturated carbocycles. The number of nitrogen functional groups attached to an aromatic ring is 1. The number of unbranched alkanes of at least 4 members (excludes halogenated alkanes) is 2. The van der Waals surface area contributed by atoms with Crippen molar-refractivity contribution >= 4 is 35.3 Å². The van der Waals surface area contributed by atoms with Crippen LogP contribution in [-0.4, -0.2) is 33.5 Å². The molecule has 1 aliphatic heterocycles. The van der Waals surface area contributed by atoms with Crippen molar-refractivity contribution in [3.05, 3.63) is 73.8 Å². The van der Waals surface area contributed by atoms with Crippen LogP contribution >= 0.6 is 11.8 Å². The largest absolute Gasteiger partial charge is 0.384 e. The van der Waals surface area contributed by atoms with Crippen molar-refractivity contribution < 1.29 is 4.79 Å². The molecule has 9 heteroatoms. The van der Waals surface area contributed by atoms with Gasteiger partial charge in [0.1, 0.15) is 23.4 Å². The van der Waals surface area contributed by atoms with Crippen LogP contribution in [0.1, 0.15) is 95.1 Å². The molecular weight excluding hydrogens is 532 g/mol. The molecule has 2 aromatic heterocycles. The highest BCUT2D eigenvalue weighted by atomic mass is 32.2. The Balaban J connectivity index is 1.61. The van der Waals surface area contributed by atoms with E-state index in [1.165, 1.54) is 4.91 Å². The first kappa shape index (κ1) is 32.2. The number of aryl methyl sites for hydroxylation is 2. The Morgan fingerprint density at radius 1 is 1.22 bits per heavy atom. The van der Waals surface area contributed by atoms with E-state index in [0.717, 1.165) is 66.6 Å². The zero-order valence-electron chi connectivity index (χ0n) is 25.1. The predicted molar refractivity (Wildman–Crippen MR) is 173 cm³/mol. The summed E-state index contributed by atoms with van der Waals surface area (Å²) >= 11 is 1.72. The maximum Gasteiger partial charge on any atom is 0.277 e. The van der Waals surface area contributed by atoms with Crippen LogP contribution in [0.3, 0.4) is 0 Å². The van der Waals surface area contributed by atoms with Gasteiger partial charge in [-0.15, -0.1) is 11.8 Å². The molecule has 0 spiro atoms. The normalized spacial score (nSPS) is 15.1. The highest BCUT2D eigenvalue weighted by molar-refractivity contribution is 8.06. The number of pyridine rings is 1. The number of anilines is 2. The highest BCUT2D eigenvalue weighted by Gasteiger charge is 2.31. The third-order valence-electron chi connectivity index (χ3n) is 7.17. The Hall–Kier alpha value is -3.33. The van der Waals surface area contributed by atoms with Crippen LogP contribution in [0.2, 0.25) is 0 Å². The minimum atomic E-state index is -0.562. The van der Waals surface area contributed by atoms with E-state index < -0.39 is 6.04 Å². The van der Waals surface area contributed by atoms with Crippen molar-refractivity contribution in [3.8, 4) is 0 Å². The zero-order valence-corrected chi connectivity index (χ0v) is 25.9. The second-order valence-electron chi connectivity index (χ2n) is 10.7. The molecular formula is C32H46N6O2S. The molecule has 3 rings (SSSR count). The van der Waals surface area contributed by atoms with E-state index in [0.29, 0.717) is 43.3 Å². The second-order valence-corrected chi connectivity index (χ2v) is 12.1. The molecule has 0 saturated heterocycles. The first-order valence-corrected chi connectivity index (χ1v) is 15.6. The summed E-state index contributed by atoms with van der Waals surface area (Å²) < 4.78 is 1.57. The van der Waals surface area contributed by atoms with Crippen molar-refractivity contribution in [2.75, 3.05) is 24.1 Å². The third kappa shape index (κ3) is 9.63. The number of carbonyl (C=O) groups is 1. The molecule has 222 valence electrons. The zero-order chi connectivity index (χ0) is 29.8. The van der Waals surface area contributed by atoms with Gasteiger partial charge in [0.2, 0.25) is 5.91 Å². The highest BCUT2D eigenvalue weighted by Crippen LogP contribution is 2.27. The summed E-state index contributed by atoms with van der Waals surface area (Å²) in [4.78, 5) is 37.8. The van der Waals surface area contributed by atoms with Gasteiger partial charge in [-0.25, -0.2) is 9.97 Å². The van der Waals surface area contributed by atoms with Crippen molar-refractivity contribution in [3.63, 3.8) is 0 Å². The molecule has 0 radical (unpaired) electrons. The molecule has 0 aromatic carbocycles. The number of amides is 1. The van der Waals surface area contributed by atoms with Crippen LogP contribution in [0, 0.1) is 6.92 Å². The molecule has 1 aliphatic rings. The number of carbonyl (C=O) groups excluding carboxylic acids is 1. The van der Waals surface area contributed by atoms with Gasteiger partial charge in [-0.3, -0.25) is 14.2 Å². The molecule has 1 atom stereocenters. The predicted octanol–water partition coefficient (Wildman–Crippen LogP) is 6.55. The summed E-state index contributed by atoms with van der Waals surface area (Å²) in [6.07, 6.45) is 15.8. The molecule has 1 amide bonds. The smallest absolute Gasteiger partial charge is 0.277 e. The maximum atomic E-state index is 13.4. The first-order chi connectivity index (χ1) is 19.7. The Labute approximate surface area is 249 Å². The van der Waals surface area contributed by atoms with Crippen LogP contribution in [0.4, 0.5) is 11.5 Å². The summed E-state index contributed by atoms with van der Waals surface area (Å²) in [6, 6.07) is 1.29. The van der Waals surface area contributed by atoms with Crippen molar-refractivity contribution in [2.24, 2.45) is 0 Å². The Kier molecular flexibility index (Phi) is 12.7. The number of allylic oxidation sites excluding steroid dienone is 3. The monoisotopic (exact) mass is 578 g/mol. The van der Waals surface area contributed by atoms with E-state index in [-0.39, 0.29) is 11.5 Å². The van der Waals surface area contributed by atoms with E-state index in [2.05, 4.69) is 60.1 Å². The van der Waals surface area contributed by atoms with E-state index in [1.54, 1.807) is 28.7 Å². The number of fused-ring (bicyclic) bond motifs is 1. The van der Waals surface area contributed by atoms with Crippen LogP contribution in [0.25, 0.3) is 6.08 Å². The minimum Gasteiger partial charge on any atom is -0.384 e. The maximum absolute atomic E-state index is 13.4. The average molecular weight is 579 g/mol. The summed E-state index contributed by atoms with van der Waals surface area (Å²) in [5.41, 5.74) is 9.20. The topological polar surface area (TPSA) is 115 Å². The van der Waals surface area contributed by atoms with Gasteiger partial charge in [0.15, 0.2) is 0 Å². The first-order valence-electron chi connectivity index (χ1n) is 14.8. The number of aromatic nitrogens is 3. The van der Waals surface area contributed by atoms with E-state index in [1.807, 2.05) is 13.0 Å². The summed E-state index contributed by atoms with van der Waals surface area (Å²) in [6.45, 7) is 13.7. The molecule has 2 aromatic rings. The lowest BCUT2D eigenvalue weighted by molar-refractivity contribution is -0.124. The van der Waals surface area contributed by atoms with E-state index in [9.17, 15) is 9.59 Å². The van der Waals surface area contributed by atoms with Crippen LogP contribution in [-0.2, 0) is 11.2 Å². The molecule has 0 aliphatic carbocycles. The summed E-state index contributed by atoms with van der Waals surface area (Å²) in [7, 11) is 0. The number of rotatable bonds is 16. The number of hydrogen-bond acceptors (Lipinski definition) is 7. The Morgan fingerprint density at radius 3 is 2.76 bits per heavy atom. The lowest BCUT2D eigenvalue weighted by Gasteiger charge is -2.17. The van der Waals surface area contributed by atoms with Crippen LogP contribution in [0.5, 0.6) is 0 Å². The number of nitrogens with zero attached hydrogens (tertiary/aromatic N) is 3. The molecule has 0 bridgehead atoms. The van der Waals surface area contributed by atoms with Gasteiger partial charge in [0.05, 0.1) is 6.20 Å². The molecule has 41 heavy (non-hydrogen) atoms. The van der Waals surface area contributed by atoms with Crippen molar-refractivity contribution in [2.45, 2.75) is 91.5 Å². The fourth-order valence-electron chi connectivity index (χ4n) is 4.84. The SMILES string of the molecule is C=C(CCCNc1cnc2n(c1=O)C(C(=O)NC/C(=C/c1cnc(N)cc1C)CCCC)CC2)S/C(C)=C\CCC. The van der Waals surface area contributed by atoms with E-state index in [4.69, 9.17) is 5.73 Å². The van der Waals surface area contributed by atoms with Gasteiger partial charge in [0, 0.05) is 25.7 Å². The fourth-order valence-corrected chi connectivity index (χ4v) is 5.75. The fraction of sp³-hybridized carbons (Fsp3) is 0.500. The van der Waals surface area contributed by atoms with Crippen LogP contribution in [0.15, 0.2) is 51.3 Å². The molecule has 4 N–H and O–H groups in total. The number of thioether (sulfide) groups is 1. The van der Waals surface area contributed by atoms with Gasteiger partial charge in [-0.2, -0.15) is 0 Å². The lowest BCUT2D eigenvalue weighted by atomic mass is 10.0. The number of hydrogen-bond donors (Lipinski definition) is 3. The number of nitrogens with two attached hydrogens (primary N) is 1. The molecule has 3 heterocycles. The van der Waals surface area contributed by atoms with E-state index >= 15 is 0 Å². The van der Waals surface area contributed by atoms with Crippen molar-refractivity contribution in [1.29, 1.82) is 0 Å². The van der Waals surface area contributed by atoms with Gasteiger partial charge in [0.25, 0.3) is 5.56 Å². The quantitative estimate of drug-likeness (QED) is 0.194. The minimum absolute atomic E-state index is 0.154. The van der Waals surface area contributed by atoms with Gasteiger partial charge < -0.3 is 16.4 Å². The summed E-state index contributed by atoms with van der Waals surface area (Å²) in [5.74, 6) is 0.995. The molecule has 0 fully saturated rings. The summed E-state index contributed by atoms with van der Waals surface area (Å²) in [5, 5.41) is 6.33. The standard InChI is InChI=1S/C32H46N6O2S/c1-6-8-11-23(4)41-24(5)12-10-16-34-27-21-36-30-15-14-28(38(30)32(27)40)31(39)37-19-25(13-9-7-2)18-26-20-35-29(33)17-22(26)3/h11,17-18,20-21,28,34H,5-10,12-16,19H2,1-4H3,(H2,33,35)(H,37,39)/b23-11-,25-18+. The average Bonchev–Trinajstić information content (AvgIpc) is 3.38. The second kappa shape index (κ2) is 16.2. The lowest BCUT2D eigenvalue weighted by Crippen LogP contribution is -2.37. The van der Waals surface area contributed by atoms with Gasteiger partial charge in [-0.1, -0.05) is 51.0 Å². The number of nitrogens with one attached hydrogen (secondary N) is 2. The van der Waals surface area contributed by atoms with Crippen molar-refractivity contribution in [1.82, 2.24) is 19.9 Å². The van der Waals surface area contributed by atoms with Gasteiger partial charge >= 0.3 is 0 Å². The van der Waals surface area contributed by atoms with Crippen LogP contribution < -0.4 is 21.9 Å².